The van der Waals surface area contributed by atoms with E-state index in [-0.39, 0.29) is 54.5 Å². The first-order valence-electron chi connectivity index (χ1n) is 16.4. The van der Waals surface area contributed by atoms with E-state index in [1.807, 2.05) is 6.92 Å². The van der Waals surface area contributed by atoms with E-state index in [1.54, 1.807) is 67.8 Å². The van der Waals surface area contributed by atoms with Crippen molar-refractivity contribution in [2.75, 3.05) is 42.7 Å². The molecule has 0 atom stereocenters. The zero-order valence-electron chi connectivity index (χ0n) is 30.6. The number of hydrogen-bond donors (Lipinski definition) is 0. The van der Waals surface area contributed by atoms with Crippen molar-refractivity contribution in [3.05, 3.63) is 101 Å². The van der Waals surface area contributed by atoms with E-state index >= 15 is 0 Å². The van der Waals surface area contributed by atoms with Gasteiger partial charge in [0, 0.05) is 36.8 Å². The molecular formula is C40H44N2O10. The Morgan fingerprint density at radius 3 is 1.31 bits per heavy atom. The van der Waals surface area contributed by atoms with Gasteiger partial charge in [-0.2, -0.15) is 0 Å². The van der Waals surface area contributed by atoms with E-state index in [1.165, 1.54) is 41.6 Å². The second-order valence-electron chi connectivity index (χ2n) is 11.0. The molecule has 52 heavy (non-hydrogen) atoms. The number of carbonyl (C=O) groups excluding carboxylic acids is 4. The zero-order chi connectivity index (χ0) is 38.2. The predicted molar refractivity (Wildman–Crippen MR) is 196 cm³/mol. The van der Waals surface area contributed by atoms with Crippen LogP contribution in [0.2, 0.25) is 0 Å². The van der Waals surface area contributed by atoms with Gasteiger partial charge in [0.1, 0.15) is 28.6 Å². The summed E-state index contributed by atoms with van der Waals surface area (Å²) in [5.74, 6) is 2.56. The number of aromatic nitrogens is 2. The third-order valence-corrected chi connectivity index (χ3v) is 7.93. The number of benzene rings is 2. The van der Waals surface area contributed by atoms with Crippen LogP contribution in [0.3, 0.4) is 0 Å². The minimum Gasteiger partial charge on any atom is -0.495 e. The summed E-state index contributed by atoms with van der Waals surface area (Å²) in [4.78, 5) is 58.0. The Morgan fingerprint density at radius 1 is 0.519 bits per heavy atom. The second-order valence-corrected chi connectivity index (χ2v) is 11.0. The van der Waals surface area contributed by atoms with Crippen LogP contribution in [0, 0.1) is 0 Å². The topological polar surface area (TPSA) is 149 Å². The van der Waals surface area contributed by atoms with Gasteiger partial charge in [-0.25, -0.2) is 9.97 Å². The molecule has 0 radical (unpaired) electrons. The summed E-state index contributed by atoms with van der Waals surface area (Å²) in [6, 6.07) is 16.5. The van der Waals surface area contributed by atoms with Gasteiger partial charge in [0.15, 0.2) is 46.1 Å². The maximum atomic E-state index is 12.4. The van der Waals surface area contributed by atoms with Gasteiger partial charge in [-0.1, -0.05) is 13.5 Å². The van der Waals surface area contributed by atoms with Gasteiger partial charge >= 0.3 is 0 Å². The summed E-state index contributed by atoms with van der Waals surface area (Å²) in [6.07, 6.45) is 2.51. The molecule has 0 aliphatic carbocycles. The van der Waals surface area contributed by atoms with Crippen molar-refractivity contribution in [2.45, 2.75) is 39.0 Å². The summed E-state index contributed by atoms with van der Waals surface area (Å²) < 4.78 is 31.1. The number of ether oxygens (including phenoxy) is 6. The number of carbonyl (C=O) groups is 4. The number of hydrogen-bond acceptors (Lipinski definition) is 12. The van der Waals surface area contributed by atoms with Crippen molar-refractivity contribution >= 4 is 29.2 Å². The maximum absolute atomic E-state index is 12.4. The average molecular weight is 713 g/mol. The Balaban J connectivity index is 0.000000280. The Hall–Kier alpha value is -6.04. The summed E-state index contributed by atoms with van der Waals surface area (Å²) in [6.45, 7) is 5.60. The first-order valence-corrected chi connectivity index (χ1v) is 16.4. The lowest BCUT2D eigenvalue weighted by atomic mass is 10.0. The molecule has 0 fully saturated rings. The van der Waals surface area contributed by atoms with Crippen LogP contribution in [0.1, 0.15) is 85.7 Å². The minimum absolute atomic E-state index is 0.0586. The smallest absolute Gasteiger partial charge is 0.181 e. The van der Waals surface area contributed by atoms with E-state index in [9.17, 15) is 19.2 Å². The van der Waals surface area contributed by atoms with Gasteiger partial charge in [-0.3, -0.25) is 19.2 Å². The molecule has 2 heterocycles. The Kier molecular flexibility index (Phi) is 15.5. The van der Waals surface area contributed by atoms with E-state index in [0.717, 1.165) is 5.69 Å². The van der Waals surface area contributed by atoms with Crippen LogP contribution >= 0.6 is 0 Å². The number of Topliss-reactive ketones (excluding diaryl/α,β-unsaturated/α-hetero) is 4. The number of nitrogens with zero attached hydrogens (tertiary/aromatic N) is 2. The molecular weight excluding hydrogens is 668 g/mol. The SMILES string of the molecule is C=Cc1nc(C(=O)CCC(=O)c2ccc(OC)c(OC)c2)ccc1OC.CCc1nc(C(=O)CCC(=O)c2ccc(OC)c(OC)c2)ccc1OC. The number of pyridine rings is 2. The van der Waals surface area contributed by atoms with Crippen molar-refractivity contribution in [1.29, 1.82) is 0 Å². The fraction of sp³-hybridized carbons (Fsp3) is 0.300. The third kappa shape index (κ3) is 10.5. The summed E-state index contributed by atoms with van der Waals surface area (Å²) in [5, 5.41) is 0. The van der Waals surface area contributed by atoms with Crippen molar-refractivity contribution < 1.29 is 47.6 Å². The van der Waals surface area contributed by atoms with Gasteiger partial charge in [0.25, 0.3) is 0 Å². The van der Waals surface area contributed by atoms with Crippen molar-refractivity contribution in [3.63, 3.8) is 0 Å². The Bertz CT molecular complexity index is 1840. The second kappa shape index (κ2) is 20.0. The van der Waals surface area contributed by atoms with Crippen LogP contribution in [-0.4, -0.2) is 75.8 Å². The van der Waals surface area contributed by atoms with Crippen LogP contribution in [0.15, 0.2) is 67.2 Å². The Labute approximate surface area is 303 Å². The van der Waals surface area contributed by atoms with E-state index in [4.69, 9.17) is 28.4 Å². The maximum Gasteiger partial charge on any atom is 0.181 e. The number of rotatable bonds is 18. The van der Waals surface area contributed by atoms with Crippen LogP contribution in [-0.2, 0) is 6.42 Å². The quantitative estimate of drug-likeness (QED) is 0.0968. The monoisotopic (exact) mass is 712 g/mol. The molecule has 2 aromatic heterocycles. The molecule has 0 unspecified atom stereocenters. The predicted octanol–water partition coefficient (Wildman–Crippen LogP) is 7.11. The largest absolute Gasteiger partial charge is 0.495 e. The highest BCUT2D eigenvalue weighted by Gasteiger charge is 2.17. The van der Waals surface area contributed by atoms with Crippen LogP contribution in [0.4, 0.5) is 0 Å². The minimum atomic E-state index is -0.218. The van der Waals surface area contributed by atoms with Gasteiger partial charge in [0.05, 0.1) is 48.4 Å². The van der Waals surface area contributed by atoms with Crippen LogP contribution < -0.4 is 28.4 Å². The lowest BCUT2D eigenvalue weighted by molar-refractivity contribution is 0.0914. The standard InChI is InChI=1S/C20H23NO5.C20H21NO5/c2*1-5-14-18(24-2)11-7-15(21-14)17(23)9-8-16(22)13-6-10-19(25-3)20(12-13)26-4/h6-7,10-12H,5,8-9H2,1-4H3;5-7,10-12H,1,8-9H2,2-4H3. The lowest BCUT2D eigenvalue weighted by Gasteiger charge is -2.09. The van der Waals surface area contributed by atoms with E-state index in [0.29, 0.717) is 63.4 Å². The molecule has 4 rings (SSSR count). The number of aryl methyl sites for hydroxylation is 1. The molecule has 0 N–H and O–H groups in total. The zero-order valence-corrected chi connectivity index (χ0v) is 30.6. The van der Waals surface area contributed by atoms with Crippen LogP contribution in [0.5, 0.6) is 34.5 Å². The molecule has 4 aromatic rings. The van der Waals surface area contributed by atoms with Crippen molar-refractivity contribution in [1.82, 2.24) is 9.97 Å². The van der Waals surface area contributed by atoms with Crippen molar-refractivity contribution in [2.24, 2.45) is 0 Å². The molecule has 2 aromatic carbocycles. The molecule has 0 aliphatic heterocycles. The highest BCUT2D eigenvalue weighted by atomic mass is 16.5. The lowest BCUT2D eigenvalue weighted by Crippen LogP contribution is -2.08. The highest BCUT2D eigenvalue weighted by Crippen LogP contribution is 2.29. The third-order valence-electron chi connectivity index (χ3n) is 7.93. The van der Waals surface area contributed by atoms with Gasteiger partial charge in [-0.15, -0.1) is 0 Å². The van der Waals surface area contributed by atoms with E-state index in [2.05, 4.69) is 16.5 Å². The fourth-order valence-corrected chi connectivity index (χ4v) is 5.04. The molecule has 274 valence electrons. The molecule has 0 amide bonds. The fourth-order valence-electron chi connectivity index (χ4n) is 5.04. The van der Waals surface area contributed by atoms with Gasteiger partial charge < -0.3 is 28.4 Å². The average Bonchev–Trinajstić information content (AvgIpc) is 3.20. The molecule has 0 saturated carbocycles. The normalized spacial score (nSPS) is 10.2. The van der Waals surface area contributed by atoms with Crippen LogP contribution in [0.25, 0.3) is 6.08 Å². The molecule has 12 heteroatoms. The molecule has 0 spiro atoms. The summed E-state index contributed by atoms with van der Waals surface area (Å²) in [7, 11) is 9.16. The molecule has 0 saturated heterocycles. The highest BCUT2D eigenvalue weighted by molar-refractivity contribution is 6.02. The summed E-state index contributed by atoms with van der Waals surface area (Å²) in [5.41, 5.74) is 2.79. The van der Waals surface area contributed by atoms with Gasteiger partial charge in [-0.05, 0) is 73.2 Å². The van der Waals surface area contributed by atoms with E-state index < -0.39 is 0 Å². The molecule has 0 aliphatic rings. The Morgan fingerprint density at radius 2 is 0.904 bits per heavy atom. The number of methoxy groups -OCH3 is 6. The number of ketones is 4. The molecule has 0 bridgehead atoms. The first-order chi connectivity index (χ1) is 25.1. The van der Waals surface area contributed by atoms with Crippen molar-refractivity contribution in [3.8, 4) is 34.5 Å². The summed E-state index contributed by atoms with van der Waals surface area (Å²) >= 11 is 0. The molecule has 12 nitrogen and oxygen atoms in total. The van der Waals surface area contributed by atoms with Gasteiger partial charge in [0.2, 0.25) is 0 Å². The first kappa shape index (κ1) is 40.4.